The molecule has 2 atom stereocenters. The first-order chi connectivity index (χ1) is 8.60. The maximum atomic E-state index is 12.2. The Morgan fingerprint density at radius 3 is 2.95 bits per heavy atom. The van der Waals surface area contributed by atoms with E-state index in [0.29, 0.717) is 16.7 Å². The molecule has 0 bridgehead atoms. The summed E-state index contributed by atoms with van der Waals surface area (Å²) in [6.45, 7) is 5.09. The van der Waals surface area contributed by atoms with Crippen LogP contribution in [0.5, 0.6) is 5.75 Å². The Kier molecular flexibility index (Phi) is 6.10. The minimum absolute atomic E-state index is 0. The average Bonchev–Trinajstić information content (AvgIpc) is 2.70. The SMILES string of the molecule is COc1cc(C)sc1C(=O)NC1CCNC(C)C1.Cl. The molecule has 1 aliphatic heterocycles. The molecule has 2 heterocycles. The van der Waals surface area contributed by atoms with Crippen LogP contribution < -0.4 is 15.4 Å². The highest BCUT2D eigenvalue weighted by Gasteiger charge is 2.23. The monoisotopic (exact) mass is 304 g/mol. The van der Waals surface area contributed by atoms with Gasteiger partial charge in [0.15, 0.2) is 0 Å². The zero-order valence-electron chi connectivity index (χ0n) is 11.5. The second kappa shape index (κ2) is 7.12. The maximum absolute atomic E-state index is 12.2. The van der Waals surface area contributed by atoms with E-state index in [1.807, 2.05) is 13.0 Å². The Bertz CT molecular complexity index is 436. The number of rotatable bonds is 3. The van der Waals surface area contributed by atoms with E-state index in [2.05, 4.69) is 17.6 Å². The summed E-state index contributed by atoms with van der Waals surface area (Å²) in [4.78, 5) is 14.0. The summed E-state index contributed by atoms with van der Waals surface area (Å²) in [6.07, 6.45) is 1.97. The number of thiophene rings is 1. The lowest BCUT2D eigenvalue weighted by Crippen LogP contribution is -2.46. The van der Waals surface area contributed by atoms with E-state index in [4.69, 9.17) is 4.74 Å². The predicted octanol–water partition coefficient (Wildman–Crippen LogP) is 2.36. The molecule has 0 spiro atoms. The van der Waals surface area contributed by atoms with Gasteiger partial charge in [0, 0.05) is 17.0 Å². The van der Waals surface area contributed by atoms with Crippen molar-refractivity contribution in [1.29, 1.82) is 0 Å². The number of hydrogen-bond acceptors (Lipinski definition) is 4. The molecule has 1 aliphatic rings. The van der Waals surface area contributed by atoms with Gasteiger partial charge < -0.3 is 15.4 Å². The summed E-state index contributed by atoms with van der Waals surface area (Å²) in [5.74, 6) is 0.668. The second-order valence-corrected chi connectivity index (χ2v) is 6.06. The van der Waals surface area contributed by atoms with Crippen molar-refractivity contribution >= 4 is 29.7 Å². The third-order valence-corrected chi connectivity index (χ3v) is 4.24. The molecule has 4 nitrogen and oxygen atoms in total. The molecule has 0 saturated carbocycles. The fourth-order valence-electron chi connectivity index (χ4n) is 2.31. The van der Waals surface area contributed by atoms with E-state index in [1.54, 1.807) is 7.11 Å². The minimum Gasteiger partial charge on any atom is -0.495 e. The zero-order chi connectivity index (χ0) is 13.1. The van der Waals surface area contributed by atoms with Crippen molar-refractivity contribution < 1.29 is 9.53 Å². The third-order valence-electron chi connectivity index (χ3n) is 3.21. The molecule has 2 rings (SSSR count). The first kappa shape index (κ1) is 16.3. The predicted molar refractivity (Wildman–Crippen MR) is 80.8 cm³/mol. The van der Waals surface area contributed by atoms with E-state index in [0.717, 1.165) is 24.3 Å². The van der Waals surface area contributed by atoms with Crippen molar-refractivity contribution in [2.24, 2.45) is 0 Å². The lowest BCUT2D eigenvalue weighted by molar-refractivity contribution is 0.0927. The highest BCUT2D eigenvalue weighted by atomic mass is 35.5. The Balaban J connectivity index is 0.00000180. The zero-order valence-corrected chi connectivity index (χ0v) is 13.1. The van der Waals surface area contributed by atoms with Crippen LogP contribution in [-0.2, 0) is 0 Å². The Morgan fingerprint density at radius 1 is 1.58 bits per heavy atom. The number of amides is 1. The molecule has 1 amide bonds. The molecular weight excluding hydrogens is 284 g/mol. The molecule has 108 valence electrons. The molecular formula is C13H21ClN2O2S. The van der Waals surface area contributed by atoms with Gasteiger partial charge >= 0.3 is 0 Å². The normalized spacial score (nSPS) is 22.5. The molecule has 0 aliphatic carbocycles. The van der Waals surface area contributed by atoms with Crippen LogP contribution in [0.25, 0.3) is 0 Å². The Hall–Kier alpha value is -0.780. The summed E-state index contributed by atoms with van der Waals surface area (Å²) in [5.41, 5.74) is 0. The van der Waals surface area contributed by atoms with E-state index >= 15 is 0 Å². The first-order valence-corrected chi connectivity index (χ1v) is 7.10. The number of piperidine rings is 1. The maximum Gasteiger partial charge on any atom is 0.265 e. The average molecular weight is 305 g/mol. The number of aryl methyl sites for hydroxylation is 1. The summed E-state index contributed by atoms with van der Waals surface area (Å²) in [7, 11) is 1.60. The number of methoxy groups -OCH3 is 1. The van der Waals surface area contributed by atoms with Crippen LogP contribution >= 0.6 is 23.7 Å². The standard InChI is InChI=1S/C13H20N2O2S.ClH/c1-8-6-10(4-5-14-8)15-13(16)12-11(17-3)7-9(2)18-12;/h7-8,10,14H,4-6H2,1-3H3,(H,15,16);1H. The molecule has 0 aromatic carbocycles. The molecule has 19 heavy (non-hydrogen) atoms. The van der Waals surface area contributed by atoms with Gasteiger partial charge in [0.2, 0.25) is 0 Å². The van der Waals surface area contributed by atoms with Crippen molar-refractivity contribution in [3.05, 3.63) is 15.8 Å². The highest BCUT2D eigenvalue weighted by molar-refractivity contribution is 7.14. The van der Waals surface area contributed by atoms with Gasteiger partial charge in [-0.25, -0.2) is 0 Å². The summed E-state index contributed by atoms with van der Waals surface area (Å²) in [5, 5.41) is 6.48. The van der Waals surface area contributed by atoms with Crippen molar-refractivity contribution in [3.63, 3.8) is 0 Å². The van der Waals surface area contributed by atoms with Crippen LogP contribution in [0.15, 0.2) is 6.07 Å². The van der Waals surface area contributed by atoms with Gasteiger partial charge in [-0.05, 0) is 39.3 Å². The van der Waals surface area contributed by atoms with Crippen LogP contribution in [0, 0.1) is 6.92 Å². The lowest BCUT2D eigenvalue weighted by Gasteiger charge is -2.28. The van der Waals surface area contributed by atoms with Gasteiger partial charge in [0.25, 0.3) is 5.91 Å². The number of hydrogen-bond donors (Lipinski definition) is 2. The molecule has 2 N–H and O–H groups in total. The van der Waals surface area contributed by atoms with Gasteiger partial charge in [-0.3, -0.25) is 4.79 Å². The molecule has 6 heteroatoms. The van der Waals surface area contributed by atoms with Gasteiger partial charge in [-0.2, -0.15) is 0 Å². The van der Waals surface area contributed by atoms with Crippen LogP contribution in [0.2, 0.25) is 0 Å². The van der Waals surface area contributed by atoms with E-state index in [-0.39, 0.29) is 24.4 Å². The van der Waals surface area contributed by atoms with Crippen molar-refractivity contribution in [2.75, 3.05) is 13.7 Å². The van der Waals surface area contributed by atoms with Crippen LogP contribution in [0.3, 0.4) is 0 Å². The van der Waals surface area contributed by atoms with E-state index < -0.39 is 0 Å². The quantitative estimate of drug-likeness (QED) is 0.901. The smallest absolute Gasteiger partial charge is 0.265 e. The fraction of sp³-hybridized carbons (Fsp3) is 0.615. The molecule has 1 aromatic heterocycles. The van der Waals surface area contributed by atoms with E-state index in [9.17, 15) is 4.79 Å². The fourth-order valence-corrected chi connectivity index (χ4v) is 3.20. The number of carbonyl (C=O) groups excluding carboxylic acids is 1. The Morgan fingerprint density at radius 2 is 2.32 bits per heavy atom. The lowest BCUT2D eigenvalue weighted by atomic mass is 10.0. The van der Waals surface area contributed by atoms with Gasteiger partial charge in [0.05, 0.1) is 7.11 Å². The molecule has 2 unspecified atom stereocenters. The largest absolute Gasteiger partial charge is 0.495 e. The number of halogens is 1. The van der Waals surface area contributed by atoms with Crippen molar-refractivity contribution in [3.8, 4) is 5.75 Å². The number of nitrogens with one attached hydrogen (secondary N) is 2. The summed E-state index contributed by atoms with van der Waals surface area (Å²) < 4.78 is 5.23. The summed E-state index contributed by atoms with van der Waals surface area (Å²) >= 11 is 1.48. The minimum atomic E-state index is -0.0101. The van der Waals surface area contributed by atoms with E-state index in [1.165, 1.54) is 11.3 Å². The van der Waals surface area contributed by atoms with Crippen LogP contribution in [0.4, 0.5) is 0 Å². The van der Waals surface area contributed by atoms with Crippen molar-refractivity contribution in [2.45, 2.75) is 38.8 Å². The van der Waals surface area contributed by atoms with Crippen molar-refractivity contribution in [1.82, 2.24) is 10.6 Å². The van der Waals surface area contributed by atoms with Gasteiger partial charge in [-0.15, -0.1) is 23.7 Å². The molecule has 1 aromatic rings. The topological polar surface area (TPSA) is 50.4 Å². The Labute approximate surface area is 124 Å². The first-order valence-electron chi connectivity index (χ1n) is 6.29. The molecule has 0 radical (unpaired) electrons. The second-order valence-electron chi connectivity index (χ2n) is 4.80. The summed E-state index contributed by atoms with van der Waals surface area (Å²) in [6, 6.07) is 2.64. The van der Waals surface area contributed by atoms with Crippen LogP contribution in [0.1, 0.15) is 34.3 Å². The highest BCUT2D eigenvalue weighted by Crippen LogP contribution is 2.28. The number of carbonyl (C=O) groups is 1. The van der Waals surface area contributed by atoms with Gasteiger partial charge in [0.1, 0.15) is 10.6 Å². The van der Waals surface area contributed by atoms with Crippen LogP contribution in [-0.4, -0.2) is 31.6 Å². The molecule has 1 saturated heterocycles. The van der Waals surface area contributed by atoms with Gasteiger partial charge in [-0.1, -0.05) is 0 Å². The third kappa shape index (κ3) is 4.09. The molecule has 1 fully saturated rings. The number of ether oxygens (including phenoxy) is 1.